The van der Waals surface area contributed by atoms with Crippen LogP contribution in [-0.4, -0.2) is 42.7 Å². The number of ketones is 1. The molecule has 6 nitrogen and oxygen atoms in total. The van der Waals surface area contributed by atoms with Crippen LogP contribution in [0.1, 0.15) is 33.2 Å². The number of amides is 1. The van der Waals surface area contributed by atoms with Crippen LogP contribution in [0.25, 0.3) is 0 Å². The van der Waals surface area contributed by atoms with E-state index >= 15 is 0 Å². The molecule has 0 saturated carbocycles. The van der Waals surface area contributed by atoms with Crippen molar-refractivity contribution in [2.75, 3.05) is 6.54 Å². The summed E-state index contributed by atoms with van der Waals surface area (Å²) in [5.41, 5.74) is 0.957. The van der Waals surface area contributed by atoms with Crippen molar-refractivity contribution in [1.82, 2.24) is 4.31 Å². The van der Waals surface area contributed by atoms with Gasteiger partial charge < -0.3 is 0 Å². The number of benzene rings is 3. The summed E-state index contributed by atoms with van der Waals surface area (Å²) in [6.45, 7) is 1.68. The predicted octanol–water partition coefficient (Wildman–Crippen LogP) is 4.25. The third-order valence-electron chi connectivity index (χ3n) is 5.23. The SMILES string of the molecule is CCN1C(C(=O)c2ccccc2)C(=NC(=O)c2ccc(Cl)cc2)c2ccccc2S1(=O)=O. The molecule has 0 radical (unpaired) electrons. The average Bonchev–Trinajstić information content (AvgIpc) is 2.81. The Morgan fingerprint density at radius 2 is 1.53 bits per heavy atom. The van der Waals surface area contributed by atoms with E-state index in [0.717, 1.165) is 4.31 Å². The highest BCUT2D eigenvalue weighted by atomic mass is 35.5. The molecule has 1 aliphatic rings. The van der Waals surface area contributed by atoms with Gasteiger partial charge in [-0.15, -0.1) is 0 Å². The lowest BCUT2D eigenvalue weighted by molar-refractivity contribution is 0.0937. The lowest BCUT2D eigenvalue weighted by Crippen LogP contribution is -2.53. The first-order valence-electron chi connectivity index (χ1n) is 9.93. The maximum atomic E-state index is 13.5. The molecule has 1 heterocycles. The highest BCUT2D eigenvalue weighted by molar-refractivity contribution is 7.89. The Morgan fingerprint density at radius 3 is 2.19 bits per heavy atom. The maximum absolute atomic E-state index is 13.5. The molecule has 0 saturated heterocycles. The van der Waals surface area contributed by atoms with Gasteiger partial charge in [0.15, 0.2) is 5.78 Å². The lowest BCUT2D eigenvalue weighted by atomic mass is 9.94. The van der Waals surface area contributed by atoms with Crippen molar-refractivity contribution in [3.05, 3.63) is 101 Å². The third-order valence-corrected chi connectivity index (χ3v) is 7.48. The number of sulfonamides is 1. The van der Waals surface area contributed by atoms with E-state index in [0.29, 0.717) is 10.6 Å². The first kappa shape index (κ1) is 22.1. The number of Topliss-reactive ketones (excluding diaryl/α,β-unsaturated/α-hetero) is 1. The highest BCUT2D eigenvalue weighted by Crippen LogP contribution is 2.32. The summed E-state index contributed by atoms with van der Waals surface area (Å²) < 4.78 is 27.8. The number of hydrogen-bond donors (Lipinski definition) is 0. The van der Waals surface area contributed by atoms with Crippen LogP contribution in [0.5, 0.6) is 0 Å². The van der Waals surface area contributed by atoms with Gasteiger partial charge in [-0.05, 0) is 30.3 Å². The monoisotopic (exact) mass is 466 g/mol. The first-order valence-corrected chi connectivity index (χ1v) is 11.8. The van der Waals surface area contributed by atoms with Crippen LogP contribution in [0.4, 0.5) is 0 Å². The Morgan fingerprint density at radius 1 is 0.906 bits per heavy atom. The third kappa shape index (κ3) is 3.90. The Kier molecular flexibility index (Phi) is 6.06. The van der Waals surface area contributed by atoms with Gasteiger partial charge >= 0.3 is 0 Å². The summed E-state index contributed by atoms with van der Waals surface area (Å²) in [5, 5.41) is 0.470. The summed E-state index contributed by atoms with van der Waals surface area (Å²) >= 11 is 5.91. The van der Waals surface area contributed by atoms with Crippen molar-refractivity contribution in [2.45, 2.75) is 17.9 Å². The average molecular weight is 467 g/mol. The van der Waals surface area contributed by atoms with E-state index < -0.39 is 27.8 Å². The van der Waals surface area contributed by atoms with Crippen molar-refractivity contribution in [3.63, 3.8) is 0 Å². The van der Waals surface area contributed by atoms with Crippen LogP contribution in [-0.2, 0) is 10.0 Å². The van der Waals surface area contributed by atoms with Gasteiger partial charge in [0.05, 0.1) is 10.6 Å². The maximum Gasteiger partial charge on any atom is 0.277 e. The van der Waals surface area contributed by atoms with E-state index in [1.54, 1.807) is 67.6 Å². The molecule has 0 spiro atoms. The van der Waals surface area contributed by atoms with E-state index in [1.807, 2.05) is 0 Å². The number of hydrogen-bond acceptors (Lipinski definition) is 4. The first-order chi connectivity index (χ1) is 15.3. The van der Waals surface area contributed by atoms with Crippen LogP contribution in [0.3, 0.4) is 0 Å². The zero-order valence-corrected chi connectivity index (χ0v) is 18.7. The summed E-state index contributed by atoms with van der Waals surface area (Å²) in [6.07, 6.45) is 0. The standard InChI is InChI=1S/C24H19ClN2O4S/c1-2-27-22(23(28)16-8-4-3-5-9-16)21(19-10-6-7-11-20(19)32(27,30)31)26-24(29)17-12-14-18(25)15-13-17/h3-15,22H,2H2,1H3. The van der Waals surface area contributed by atoms with Crippen molar-refractivity contribution >= 4 is 39.0 Å². The van der Waals surface area contributed by atoms with E-state index in [-0.39, 0.29) is 28.3 Å². The molecule has 1 atom stereocenters. The second-order valence-electron chi connectivity index (χ2n) is 7.15. The molecule has 1 amide bonds. The van der Waals surface area contributed by atoms with Crippen molar-refractivity contribution in [2.24, 2.45) is 4.99 Å². The predicted molar refractivity (Wildman–Crippen MR) is 123 cm³/mol. The molecule has 162 valence electrons. The molecule has 0 aliphatic carbocycles. The molecule has 1 unspecified atom stereocenters. The quantitative estimate of drug-likeness (QED) is 0.538. The van der Waals surface area contributed by atoms with Crippen molar-refractivity contribution < 1.29 is 18.0 Å². The van der Waals surface area contributed by atoms with Gasteiger partial charge in [0.2, 0.25) is 10.0 Å². The Hall–Kier alpha value is -3.13. The molecular formula is C24H19ClN2O4S. The fourth-order valence-electron chi connectivity index (χ4n) is 3.71. The molecule has 3 aromatic rings. The summed E-state index contributed by atoms with van der Waals surface area (Å²) in [5.74, 6) is -1.04. The molecule has 3 aromatic carbocycles. The molecule has 0 aromatic heterocycles. The van der Waals surface area contributed by atoms with E-state index in [9.17, 15) is 18.0 Å². The topological polar surface area (TPSA) is 83.9 Å². The molecule has 1 aliphatic heterocycles. The number of aliphatic imine (C=N–C) groups is 1. The van der Waals surface area contributed by atoms with Crippen molar-refractivity contribution in [1.29, 1.82) is 0 Å². The van der Waals surface area contributed by atoms with Crippen molar-refractivity contribution in [3.8, 4) is 0 Å². The van der Waals surface area contributed by atoms with Gasteiger partial charge in [-0.3, -0.25) is 9.59 Å². The van der Waals surface area contributed by atoms with Crippen LogP contribution >= 0.6 is 11.6 Å². The summed E-state index contributed by atoms with van der Waals surface area (Å²) in [7, 11) is -3.97. The lowest BCUT2D eigenvalue weighted by Gasteiger charge is -2.35. The smallest absolute Gasteiger partial charge is 0.277 e. The minimum atomic E-state index is -3.97. The van der Waals surface area contributed by atoms with Crippen LogP contribution < -0.4 is 0 Å². The summed E-state index contributed by atoms with van der Waals surface area (Å²) in [6, 6.07) is 19.6. The Balaban J connectivity index is 1.94. The van der Waals surface area contributed by atoms with Crippen LogP contribution in [0.2, 0.25) is 5.02 Å². The Bertz CT molecular complexity index is 1320. The number of carbonyl (C=O) groups is 2. The highest BCUT2D eigenvalue weighted by Gasteiger charge is 2.45. The van der Waals surface area contributed by atoms with Crippen LogP contribution in [0, 0.1) is 0 Å². The van der Waals surface area contributed by atoms with E-state index in [1.165, 1.54) is 18.2 Å². The molecule has 32 heavy (non-hydrogen) atoms. The van der Waals surface area contributed by atoms with Gasteiger partial charge in [0, 0.05) is 28.3 Å². The fourth-order valence-corrected chi connectivity index (χ4v) is 5.60. The normalized spacial score (nSPS) is 18.8. The molecule has 0 N–H and O–H groups in total. The molecule has 4 rings (SSSR count). The number of carbonyl (C=O) groups excluding carboxylic acids is 2. The minimum absolute atomic E-state index is 0.0154. The molecule has 8 heteroatoms. The largest absolute Gasteiger partial charge is 0.292 e. The fraction of sp³-hybridized carbons (Fsp3) is 0.125. The minimum Gasteiger partial charge on any atom is -0.292 e. The zero-order valence-electron chi connectivity index (χ0n) is 17.1. The number of nitrogens with zero attached hydrogens (tertiary/aromatic N) is 2. The second kappa shape index (κ2) is 8.78. The van der Waals surface area contributed by atoms with Gasteiger partial charge in [-0.1, -0.05) is 67.1 Å². The van der Waals surface area contributed by atoms with E-state index in [4.69, 9.17) is 11.6 Å². The molecule has 0 bridgehead atoms. The summed E-state index contributed by atoms with van der Waals surface area (Å²) in [4.78, 5) is 30.8. The van der Waals surface area contributed by atoms with Gasteiger partial charge in [-0.25, -0.2) is 13.4 Å². The number of likely N-dealkylation sites (N-methyl/N-ethyl adjacent to an activating group) is 1. The number of halogens is 1. The van der Waals surface area contributed by atoms with E-state index in [2.05, 4.69) is 4.99 Å². The van der Waals surface area contributed by atoms with Crippen LogP contribution in [0.15, 0.2) is 88.8 Å². The Labute approximate surface area is 191 Å². The van der Waals surface area contributed by atoms with Gasteiger partial charge in [-0.2, -0.15) is 4.31 Å². The number of rotatable bonds is 4. The number of fused-ring (bicyclic) bond motifs is 1. The zero-order chi connectivity index (χ0) is 22.9. The van der Waals surface area contributed by atoms with Gasteiger partial charge in [0.25, 0.3) is 5.91 Å². The second-order valence-corrected chi connectivity index (χ2v) is 9.44. The molecule has 0 fully saturated rings. The molecular weight excluding hydrogens is 448 g/mol. The van der Waals surface area contributed by atoms with Gasteiger partial charge in [0.1, 0.15) is 6.04 Å².